The molecule has 0 atom stereocenters. The molecule has 2 aromatic heterocycles. The average Bonchev–Trinajstić information content (AvgIpc) is 2.98. The van der Waals surface area contributed by atoms with Crippen molar-refractivity contribution in [3.05, 3.63) is 54.1 Å². The zero-order valence-corrected chi connectivity index (χ0v) is 13.0. The summed E-state index contributed by atoms with van der Waals surface area (Å²) < 4.78 is 14.3. The summed E-state index contributed by atoms with van der Waals surface area (Å²) in [5.41, 5.74) is 0.979. The Kier molecular flexibility index (Phi) is 4.82. The molecule has 0 aliphatic carbocycles. The number of nitrogens with zero attached hydrogens (tertiary/aromatic N) is 4. The van der Waals surface area contributed by atoms with Crippen molar-refractivity contribution >= 4 is 23.4 Å². The number of thioether (sulfide) groups is 1. The number of aromatic nitrogens is 4. The molecular weight excluding hydrogens is 317 g/mol. The summed E-state index contributed by atoms with van der Waals surface area (Å²) in [5.74, 6) is 0.389. The van der Waals surface area contributed by atoms with Gasteiger partial charge in [0.1, 0.15) is 5.82 Å². The highest BCUT2D eigenvalue weighted by Crippen LogP contribution is 2.12. The van der Waals surface area contributed by atoms with E-state index in [1.807, 2.05) is 0 Å². The van der Waals surface area contributed by atoms with Gasteiger partial charge >= 0.3 is 0 Å². The summed E-state index contributed by atoms with van der Waals surface area (Å²) in [6.45, 7) is 0.505. The number of carbonyl (C=O) groups excluding carboxylic acids is 1. The van der Waals surface area contributed by atoms with E-state index in [0.717, 1.165) is 5.56 Å². The molecule has 0 spiro atoms. The number of carbonyl (C=O) groups is 1. The predicted octanol–water partition coefficient (Wildman–Crippen LogP) is 1.71. The van der Waals surface area contributed by atoms with Gasteiger partial charge < -0.3 is 5.32 Å². The molecule has 0 saturated heterocycles. The zero-order chi connectivity index (χ0) is 16.1. The van der Waals surface area contributed by atoms with Crippen LogP contribution in [0.15, 0.2) is 47.9 Å². The van der Waals surface area contributed by atoms with Crippen LogP contribution >= 0.6 is 11.8 Å². The molecule has 6 nitrogen and oxygen atoms in total. The summed E-state index contributed by atoms with van der Waals surface area (Å²) in [6.07, 6.45) is 4.05. The molecule has 2 heterocycles. The smallest absolute Gasteiger partial charge is 0.253 e. The summed E-state index contributed by atoms with van der Waals surface area (Å²) in [4.78, 5) is 20.1. The molecule has 8 heteroatoms. The molecule has 3 rings (SSSR count). The highest BCUT2D eigenvalue weighted by molar-refractivity contribution is 7.99. The Labute approximate surface area is 136 Å². The van der Waals surface area contributed by atoms with Gasteiger partial charge in [0.2, 0.25) is 11.1 Å². The number of hydrogen-bond acceptors (Lipinski definition) is 5. The van der Waals surface area contributed by atoms with Crippen LogP contribution in [-0.4, -0.2) is 37.8 Å². The van der Waals surface area contributed by atoms with Crippen LogP contribution in [0.3, 0.4) is 0 Å². The first-order valence-corrected chi connectivity index (χ1v) is 8.00. The van der Waals surface area contributed by atoms with Gasteiger partial charge in [0.25, 0.3) is 5.78 Å². The maximum absolute atomic E-state index is 12.8. The maximum atomic E-state index is 12.8. The quantitative estimate of drug-likeness (QED) is 0.696. The molecule has 1 aromatic carbocycles. The number of fused-ring (bicyclic) bond motifs is 1. The highest BCUT2D eigenvalue weighted by Gasteiger charge is 2.08. The van der Waals surface area contributed by atoms with Gasteiger partial charge in [-0.1, -0.05) is 23.9 Å². The topological polar surface area (TPSA) is 72.2 Å². The first-order chi connectivity index (χ1) is 11.2. The molecule has 118 valence electrons. The standard InChI is InChI=1S/C15H14FN5OS/c16-12-4-2-11(3-5-12)6-8-17-13(22)10-23-15-19-14-18-7-1-9-21(14)20-15/h1-5,7,9H,6,8,10H2,(H,17,22). The van der Waals surface area contributed by atoms with Crippen LogP contribution in [0.5, 0.6) is 0 Å². The second-order valence-electron chi connectivity index (χ2n) is 4.77. The van der Waals surface area contributed by atoms with Crippen molar-refractivity contribution in [2.75, 3.05) is 12.3 Å². The number of amides is 1. The average molecular weight is 331 g/mol. The lowest BCUT2D eigenvalue weighted by Gasteiger charge is -2.04. The second kappa shape index (κ2) is 7.19. The van der Waals surface area contributed by atoms with E-state index >= 15 is 0 Å². The summed E-state index contributed by atoms with van der Waals surface area (Å²) in [6, 6.07) is 8.01. The van der Waals surface area contributed by atoms with Gasteiger partial charge in [0, 0.05) is 18.9 Å². The van der Waals surface area contributed by atoms with Gasteiger partial charge in [-0.05, 0) is 30.2 Å². The third-order valence-electron chi connectivity index (χ3n) is 3.08. The van der Waals surface area contributed by atoms with E-state index in [9.17, 15) is 9.18 Å². The normalized spacial score (nSPS) is 10.8. The fraction of sp³-hybridized carbons (Fsp3) is 0.200. The highest BCUT2D eigenvalue weighted by atomic mass is 32.2. The molecule has 1 N–H and O–H groups in total. The van der Waals surface area contributed by atoms with Crippen LogP contribution in [0, 0.1) is 5.82 Å². The first-order valence-electron chi connectivity index (χ1n) is 7.02. The van der Waals surface area contributed by atoms with Crippen LogP contribution in [-0.2, 0) is 11.2 Å². The van der Waals surface area contributed by atoms with Gasteiger partial charge in [0.15, 0.2) is 0 Å². The lowest BCUT2D eigenvalue weighted by atomic mass is 10.1. The monoisotopic (exact) mass is 331 g/mol. The summed E-state index contributed by atoms with van der Waals surface area (Å²) in [7, 11) is 0. The number of benzene rings is 1. The molecule has 0 aliphatic rings. The largest absolute Gasteiger partial charge is 0.355 e. The van der Waals surface area contributed by atoms with Gasteiger partial charge in [-0.15, -0.1) is 5.10 Å². The Balaban J connectivity index is 1.43. The van der Waals surface area contributed by atoms with Crippen LogP contribution in [0.25, 0.3) is 5.78 Å². The van der Waals surface area contributed by atoms with E-state index in [2.05, 4.69) is 20.4 Å². The lowest BCUT2D eigenvalue weighted by molar-refractivity contribution is -0.118. The van der Waals surface area contributed by atoms with Crippen molar-refractivity contribution in [3.63, 3.8) is 0 Å². The Morgan fingerprint density at radius 3 is 2.91 bits per heavy atom. The zero-order valence-electron chi connectivity index (χ0n) is 12.1. The SMILES string of the molecule is O=C(CSc1nc2ncccn2n1)NCCc1ccc(F)cc1. The summed E-state index contributed by atoms with van der Waals surface area (Å²) >= 11 is 1.26. The lowest BCUT2D eigenvalue weighted by Crippen LogP contribution is -2.27. The Bertz CT molecular complexity index is 772. The number of rotatable bonds is 6. The number of hydrogen-bond donors (Lipinski definition) is 1. The maximum Gasteiger partial charge on any atom is 0.253 e. The molecule has 1 amide bonds. The molecule has 23 heavy (non-hydrogen) atoms. The van der Waals surface area contributed by atoms with E-state index < -0.39 is 0 Å². The van der Waals surface area contributed by atoms with Crippen molar-refractivity contribution in [1.29, 1.82) is 0 Å². The first kappa shape index (κ1) is 15.4. The third-order valence-corrected chi connectivity index (χ3v) is 3.92. The minimum Gasteiger partial charge on any atom is -0.355 e. The molecule has 0 radical (unpaired) electrons. The number of halogens is 1. The van der Waals surface area contributed by atoms with Crippen LogP contribution in [0.2, 0.25) is 0 Å². The molecule has 0 saturated carbocycles. The van der Waals surface area contributed by atoms with Crippen molar-refractivity contribution < 1.29 is 9.18 Å². The minimum absolute atomic E-state index is 0.0936. The van der Waals surface area contributed by atoms with Crippen LogP contribution < -0.4 is 5.32 Å². The number of nitrogens with one attached hydrogen (secondary N) is 1. The fourth-order valence-corrected chi connectivity index (χ4v) is 2.61. The second-order valence-corrected chi connectivity index (χ2v) is 5.72. The Hall–Kier alpha value is -2.48. The van der Waals surface area contributed by atoms with Crippen molar-refractivity contribution in [3.8, 4) is 0 Å². The fourth-order valence-electron chi connectivity index (χ4n) is 1.95. The van der Waals surface area contributed by atoms with Crippen molar-refractivity contribution in [2.45, 2.75) is 11.6 Å². The van der Waals surface area contributed by atoms with Gasteiger partial charge in [-0.3, -0.25) is 4.79 Å². The van der Waals surface area contributed by atoms with E-state index in [4.69, 9.17) is 0 Å². The van der Waals surface area contributed by atoms with Crippen LogP contribution in [0.1, 0.15) is 5.56 Å². The third kappa shape index (κ3) is 4.26. The molecule has 0 aliphatic heterocycles. The summed E-state index contributed by atoms with van der Waals surface area (Å²) in [5, 5.41) is 7.54. The van der Waals surface area contributed by atoms with Crippen molar-refractivity contribution in [1.82, 2.24) is 24.9 Å². The minimum atomic E-state index is -0.261. The van der Waals surface area contributed by atoms with Crippen LogP contribution in [0.4, 0.5) is 4.39 Å². The van der Waals surface area contributed by atoms with E-state index in [0.29, 0.717) is 23.9 Å². The van der Waals surface area contributed by atoms with E-state index in [1.165, 1.54) is 23.9 Å². The molecule has 0 unspecified atom stereocenters. The van der Waals surface area contributed by atoms with Gasteiger partial charge in [0.05, 0.1) is 5.75 Å². The van der Waals surface area contributed by atoms with E-state index in [-0.39, 0.29) is 17.5 Å². The molecular formula is C15H14FN5OS. The Morgan fingerprint density at radius 2 is 2.13 bits per heavy atom. The van der Waals surface area contributed by atoms with Crippen molar-refractivity contribution in [2.24, 2.45) is 0 Å². The molecule has 0 fully saturated rings. The van der Waals surface area contributed by atoms with Gasteiger partial charge in [-0.25, -0.2) is 13.9 Å². The van der Waals surface area contributed by atoms with Gasteiger partial charge in [-0.2, -0.15) is 4.98 Å². The van der Waals surface area contributed by atoms with E-state index in [1.54, 1.807) is 35.1 Å². The molecule has 3 aromatic rings. The Morgan fingerprint density at radius 1 is 1.30 bits per heavy atom. The predicted molar refractivity (Wildman–Crippen MR) is 84.6 cm³/mol. The molecule has 0 bridgehead atoms.